The molecule has 1 aliphatic rings. The van der Waals surface area contributed by atoms with Gasteiger partial charge in [-0.15, -0.1) is 10.2 Å². The number of nitrogen functional groups attached to an aromatic ring is 1. The Morgan fingerprint density at radius 2 is 2.12 bits per heavy atom. The van der Waals surface area contributed by atoms with Crippen LogP contribution in [-0.2, 0) is 6.18 Å². The van der Waals surface area contributed by atoms with Gasteiger partial charge in [0.2, 0.25) is 5.13 Å². The standard InChI is InChI=1S/C17H19F3N4S2/c18-17(19,20)14-4-1-3-13(11-14)12-5-8-24(9-6-12)7-2-10-25-16-23-22-15(21)26-16/h1,3-5,11H,2,6-10H2,(H2,21,22). The summed E-state index contributed by atoms with van der Waals surface area (Å²) in [7, 11) is 0. The van der Waals surface area contributed by atoms with Crippen molar-refractivity contribution in [2.75, 3.05) is 31.1 Å². The Kier molecular flexibility index (Phi) is 6.20. The van der Waals surface area contributed by atoms with Gasteiger partial charge in [0.1, 0.15) is 0 Å². The van der Waals surface area contributed by atoms with E-state index in [1.54, 1.807) is 17.8 Å². The Morgan fingerprint density at radius 3 is 2.77 bits per heavy atom. The van der Waals surface area contributed by atoms with Crippen LogP contribution in [0.1, 0.15) is 24.0 Å². The number of anilines is 1. The molecule has 1 aliphatic heterocycles. The Balaban J connectivity index is 1.47. The van der Waals surface area contributed by atoms with Crippen LogP contribution in [0.25, 0.3) is 5.57 Å². The van der Waals surface area contributed by atoms with Gasteiger partial charge in [-0.3, -0.25) is 4.90 Å². The minimum absolute atomic E-state index is 0.482. The number of nitrogens with zero attached hydrogens (tertiary/aromatic N) is 3. The van der Waals surface area contributed by atoms with Crippen LogP contribution in [-0.4, -0.2) is 40.5 Å². The maximum absolute atomic E-state index is 12.8. The molecule has 0 aliphatic carbocycles. The summed E-state index contributed by atoms with van der Waals surface area (Å²) in [6.07, 6.45) is -0.484. The normalized spacial score (nSPS) is 15.9. The first-order chi connectivity index (χ1) is 12.4. The molecule has 3 rings (SSSR count). The summed E-state index contributed by atoms with van der Waals surface area (Å²) in [5.74, 6) is 0.940. The third kappa shape index (κ3) is 5.21. The highest BCUT2D eigenvalue weighted by atomic mass is 32.2. The minimum Gasteiger partial charge on any atom is -0.374 e. The van der Waals surface area contributed by atoms with Crippen molar-refractivity contribution in [3.05, 3.63) is 41.5 Å². The van der Waals surface area contributed by atoms with E-state index in [2.05, 4.69) is 15.1 Å². The van der Waals surface area contributed by atoms with Crippen molar-refractivity contribution in [2.45, 2.75) is 23.4 Å². The van der Waals surface area contributed by atoms with Gasteiger partial charge in [0.05, 0.1) is 5.56 Å². The first kappa shape index (κ1) is 19.2. The van der Waals surface area contributed by atoms with Crippen molar-refractivity contribution in [2.24, 2.45) is 0 Å². The molecule has 0 unspecified atom stereocenters. The molecule has 1 aromatic carbocycles. The summed E-state index contributed by atoms with van der Waals surface area (Å²) in [6, 6.07) is 5.58. The molecule has 0 radical (unpaired) electrons. The lowest BCUT2D eigenvalue weighted by Crippen LogP contribution is -2.29. The molecule has 2 N–H and O–H groups in total. The fourth-order valence-corrected chi connectivity index (χ4v) is 4.43. The molecule has 26 heavy (non-hydrogen) atoms. The Hall–Kier alpha value is -1.58. The molecule has 2 heterocycles. The summed E-state index contributed by atoms with van der Waals surface area (Å²) < 4.78 is 39.4. The lowest BCUT2D eigenvalue weighted by atomic mass is 9.97. The van der Waals surface area contributed by atoms with E-state index in [1.807, 2.05) is 6.08 Å². The average molecular weight is 400 g/mol. The summed E-state index contributed by atoms with van der Waals surface area (Å²) >= 11 is 3.04. The number of aromatic nitrogens is 2. The highest BCUT2D eigenvalue weighted by molar-refractivity contribution is 8.01. The molecule has 140 valence electrons. The molecule has 0 spiro atoms. The number of thioether (sulfide) groups is 1. The third-order valence-corrected chi connectivity index (χ3v) is 6.09. The SMILES string of the molecule is Nc1nnc(SCCCN2CC=C(c3cccc(C(F)(F)F)c3)CC2)s1. The predicted octanol–water partition coefficient (Wildman–Crippen LogP) is 4.41. The number of alkyl halides is 3. The summed E-state index contributed by atoms with van der Waals surface area (Å²) in [5.41, 5.74) is 6.62. The molecule has 0 fully saturated rings. The van der Waals surface area contributed by atoms with Crippen LogP contribution in [0, 0.1) is 0 Å². The monoisotopic (exact) mass is 400 g/mol. The van der Waals surface area contributed by atoms with E-state index < -0.39 is 11.7 Å². The summed E-state index contributed by atoms with van der Waals surface area (Å²) in [4.78, 5) is 2.31. The maximum Gasteiger partial charge on any atom is 0.416 e. The van der Waals surface area contributed by atoms with Gasteiger partial charge in [0, 0.05) is 18.8 Å². The number of hydrogen-bond acceptors (Lipinski definition) is 6. The smallest absolute Gasteiger partial charge is 0.374 e. The molecule has 4 nitrogen and oxygen atoms in total. The second-order valence-electron chi connectivity index (χ2n) is 5.97. The second kappa shape index (κ2) is 8.41. The van der Waals surface area contributed by atoms with Crippen molar-refractivity contribution in [1.29, 1.82) is 0 Å². The van der Waals surface area contributed by atoms with Crippen LogP contribution in [0.5, 0.6) is 0 Å². The lowest BCUT2D eigenvalue weighted by Gasteiger charge is -2.26. The van der Waals surface area contributed by atoms with E-state index >= 15 is 0 Å². The van der Waals surface area contributed by atoms with Crippen molar-refractivity contribution >= 4 is 33.8 Å². The van der Waals surface area contributed by atoms with E-state index in [0.29, 0.717) is 10.7 Å². The van der Waals surface area contributed by atoms with Gasteiger partial charge in [-0.1, -0.05) is 41.3 Å². The second-order valence-corrected chi connectivity index (χ2v) is 8.32. The molecular formula is C17H19F3N4S2. The third-order valence-electron chi connectivity index (χ3n) is 4.12. The molecular weight excluding hydrogens is 381 g/mol. The van der Waals surface area contributed by atoms with Crippen molar-refractivity contribution in [1.82, 2.24) is 15.1 Å². The zero-order valence-corrected chi connectivity index (χ0v) is 15.6. The maximum atomic E-state index is 12.8. The van der Waals surface area contributed by atoms with E-state index in [4.69, 9.17) is 5.73 Å². The van der Waals surface area contributed by atoms with Crippen molar-refractivity contribution in [3.63, 3.8) is 0 Å². The lowest BCUT2D eigenvalue weighted by molar-refractivity contribution is -0.137. The van der Waals surface area contributed by atoms with Crippen LogP contribution in [0.2, 0.25) is 0 Å². The first-order valence-electron chi connectivity index (χ1n) is 8.22. The number of nitrogens with two attached hydrogens (primary N) is 1. The predicted molar refractivity (Wildman–Crippen MR) is 100 cm³/mol. The average Bonchev–Trinajstić information content (AvgIpc) is 3.04. The van der Waals surface area contributed by atoms with Crippen LogP contribution in [0.4, 0.5) is 18.3 Å². The number of benzene rings is 1. The number of halogens is 3. The number of hydrogen-bond donors (Lipinski definition) is 1. The zero-order valence-electron chi connectivity index (χ0n) is 14.0. The van der Waals surface area contributed by atoms with Gasteiger partial charge in [-0.25, -0.2) is 0 Å². The Morgan fingerprint density at radius 1 is 1.27 bits per heavy atom. The molecule has 0 saturated carbocycles. The van der Waals surface area contributed by atoms with Gasteiger partial charge in [0.15, 0.2) is 4.34 Å². The Bertz CT molecular complexity index is 773. The largest absolute Gasteiger partial charge is 0.416 e. The van der Waals surface area contributed by atoms with Gasteiger partial charge in [0.25, 0.3) is 0 Å². The Labute approximate surface area is 158 Å². The molecule has 0 atom stereocenters. The van der Waals surface area contributed by atoms with Crippen LogP contribution >= 0.6 is 23.1 Å². The number of rotatable bonds is 6. The molecule has 2 aromatic rings. The van der Waals surface area contributed by atoms with Gasteiger partial charge < -0.3 is 5.73 Å². The van der Waals surface area contributed by atoms with Crippen LogP contribution in [0.15, 0.2) is 34.7 Å². The van der Waals surface area contributed by atoms with Crippen LogP contribution < -0.4 is 5.73 Å². The van der Waals surface area contributed by atoms with Gasteiger partial charge >= 0.3 is 6.18 Å². The topological polar surface area (TPSA) is 55.0 Å². The quantitative estimate of drug-likeness (QED) is 0.575. The van der Waals surface area contributed by atoms with Crippen molar-refractivity contribution < 1.29 is 13.2 Å². The van der Waals surface area contributed by atoms with E-state index in [0.717, 1.165) is 54.2 Å². The van der Waals surface area contributed by atoms with Gasteiger partial charge in [-0.2, -0.15) is 13.2 Å². The fourth-order valence-electron chi connectivity index (χ4n) is 2.80. The first-order valence-corrected chi connectivity index (χ1v) is 10.0. The molecule has 0 bridgehead atoms. The molecule has 9 heteroatoms. The summed E-state index contributed by atoms with van der Waals surface area (Å²) in [5, 5.41) is 8.23. The van der Waals surface area contributed by atoms with E-state index in [9.17, 15) is 13.2 Å². The van der Waals surface area contributed by atoms with E-state index in [-0.39, 0.29) is 0 Å². The highest BCUT2D eigenvalue weighted by Crippen LogP contribution is 2.32. The molecule has 0 saturated heterocycles. The fraction of sp³-hybridized carbons (Fsp3) is 0.412. The van der Waals surface area contributed by atoms with Crippen LogP contribution in [0.3, 0.4) is 0 Å². The summed E-state index contributed by atoms with van der Waals surface area (Å²) in [6.45, 7) is 2.58. The van der Waals surface area contributed by atoms with Gasteiger partial charge in [-0.05, 0) is 42.7 Å². The zero-order chi connectivity index (χ0) is 18.6. The molecule has 0 amide bonds. The van der Waals surface area contributed by atoms with Crippen molar-refractivity contribution in [3.8, 4) is 0 Å². The highest BCUT2D eigenvalue weighted by Gasteiger charge is 2.30. The minimum atomic E-state index is -4.30. The molecule has 1 aromatic heterocycles. The van der Waals surface area contributed by atoms with E-state index in [1.165, 1.54) is 23.5 Å².